The number of nitrogens with zero attached hydrogens (tertiary/aromatic N) is 3. The number of pyridine rings is 1. The third-order valence-corrected chi connectivity index (χ3v) is 5.36. The second kappa shape index (κ2) is 9.09. The van der Waals surface area contributed by atoms with Crippen molar-refractivity contribution in [2.24, 2.45) is 0 Å². The summed E-state index contributed by atoms with van der Waals surface area (Å²) in [5.74, 6) is -0.483. The number of halogens is 1. The Labute approximate surface area is 180 Å². The van der Waals surface area contributed by atoms with Crippen molar-refractivity contribution in [3.63, 3.8) is 0 Å². The molecule has 1 N–H and O–H groups in total. The highest BCUT2D eigenvalue weighted by molar-refractivity contribution is 6.31. The lowest BCUT2D eigenvalue weighted by atomic mass is 9.97. The van der Waals surface area contributed by atoms with Crippen LogP contribution in [0.4, 0.5) is 0 Å². The van der Waals surface area contributed by atoms with E-state index in [1.807, 2.05) is 6.07 Å². The van der Waals surface area contributed by atoms with E-state index in [2.05, 4.69) is 16.9 Å². The predicted molar refractivity (Wildman–Crippen MR) is 115 cm³/mol. The maximum Gasteiger partial charge on any atom is 0.252 e. The molecule has 1 saturated heterocycles. The van der Waals surface area contributed by atoms with Crippen molar-refractivity contribution >= 4 is 29.3 Å². The quantitative estimate of drug-likeness (QED) is 0.762. The molecule has 8 heteroatoms. The highest BCUT2D eigenvalue weighted by Gasteiger charge is 2.31. The molecule has 0 saturated carbocycles. The minimum absolute atomic E-state index is 0.0736. The summed E-state index contributed by atoms with van der Waals surface area (Å²) in [5, 5.41) is 3.07. The molecule has 1 aromatic carbocycles. The van der Waals surface area contributed by atoms with Crippen LogP contribution in [0.15, 0.2) is 49.3 Å². The van der Waals surface area contributed by atoms with Gasteiger partial charge in [0.2, 0.25) is 11.8 Å². The molecule has 0 aliphatic carbocycles. The monoisotopic (exact) mass is 426 g/mol. The zero-order chi connectivity index (χ0) is 21.8. The number of benzene rings is 1. The van der Waals surface area contributed by atoms with Crippen LogP contribution in [0.2, 0.25) is 5.02 Å². The largest absolute Gasteiger partial charge is 0.355 e. The summed E-state index contributed by atoms with van der Waals surface area (Å²) in [5.41, 5.74) is 2.73. The average Bonchev–Trinajstić information content (AvgIpc) is 2.77. The Morgan fingerprint density at radius 3 is 2.60 bits per heavy atom. The molecule has 3 amide bonds. The van der Waals surface area contributed by atoms with E-state index in [4.69, 9.17) is 11.6 Å². The van der Waals surface area contributed by atoms with E-state index in [-0.39, 0.29) is 23.8 Å². The molecule has 0 radical (unpaired) electrons. The molecule has 0 spiro atoms. The fraction of sp³-hybridized carbons (Fsp3) is 0.273. The third kappa shape index (κ3) is 4.52. The van der Waals surface area contributed by atoms with Crippen LogP contribution in [0, 0.1) is 0 Å². The maximum atomic E-state index is 12.2. The number of hydrogen-bond donors (Lipinski definition) is 1. The van der Waals surface area contributed by atoms with Crippen LogP contribution in [-0.2, 0) is 9.59 Å². The van der Waals surface area contributed by atoms with Gasteiger partial charge in [-0.3, -0.25) is 19.4 Å². The Morgan fingerprint density at radius 1 is 1.17 bits per heavy atom. The Balaban J connectivity index is 2.02. The molecule has 7 nitrogen and oxygen atoms in total. The Bertz CT molecular complexity index is 1010. The predicted octanol–water partition coefficient (Wildman–Crippen LogP) is 2.68. The third-order valence-electron chi connectivity index (χ3n) is 5.14. The highest BCUT2D eigenvalue weighted by atomic mass is 35.5. The molecule has 156 valence electrons. The van der Waals surface area contributed by atoms with Gasteiger partial charge in [-0.1, -0.05) is 18.2 Å². The molecule has 3 rings (SSSR count). The van der Waals surface area contributed by atoms with Crippen LogP contribution in [0.25, 0.3) is 11.1 Å². The summed E-state index contributed by atoms with van der Waals surface area (Å²) in [7, 11) is 1.56. The second-order valence-corrected chi connectivity index (χ2v) is 7.47. The lowest BCUT2D eigenvalue weighted by Gasteiger charge is -2.41. The van der Waals surface area contributed by atoms with E-state index in [0.29, 0.717) is 30.2 Å². The summed E-state index contributed by atoms with van der Waals surface area (Å²) in [6, 6.07) is 6.89. The van der Waals surface area contributed by atoms with E-state index < -0.39 is 0 Å². The van der Waals surface area contributed by atoms with Gasteiger partial charge >= 0.3 is 0 Å². The van der Waals surface area contributed by atoms with Gasteiger partial charge in [-0.25, -0.2) is 0 Å². The lowest BCUT2D eigenvalue weighted by Crippen LogP contribution is -2.51. The van der Waals surface area contributed by atoms with Crippen LogP contribution in [0.3, 0.4) is 0 Å². The maximum absolute atomic E-state index is 12.2. The zero-order valence-corrected chi connectivity index (χ0v) is 17.6. The lowest BCUT2D eigenvalue weighted by molar-refractivity contribution is -0.139. The van der Waals surface area contributed by atoms with Gasteiger partial charge in [0.25, 0.3) is 5.91 Å². The molecular weight excluding hydrogens is 404 g/mol. The molecule has 0 unspecified atom stereocenters. The first kappa shape index (κ1) is 21.5. The van der Waals surface area contributed by atoms with Crippen molar-refractivity contribution in [1.82, 2.24) is 20.1 Å². The van der Waals surface area contributed by atoms with Crippen molar-refractivity contribution in [1.29, 1.82) is 0 Å². The molecule has 1 aliphatic heterocycles. The number of carbonyl (C=O) groups is 3. The van der Waals surface area contributed by atoms with Gasteiger partial charge in [0.15, 0.2) is 0 Å². The smallest absolute Gasteiger partial charge is 0.252 e. The standard InChI is InChI=1S/C22H23ClN4O3/c1-4-21(29)26-5-6-27(14(2)28)20(13-26)16-7-15(9-19(23)10-16)17-8-18(12-25-11-17)22(30)24-3/h4,7-12,20H,1,5-6,13H2,2-3H3,(H,24,30)/t20-/m0/s1. The molecule has 1 aliphatic rings. The van der Waals surface area contributed by atoms with Crippen LogP contribution in [-0.4, -0.2) is 59.2 Å². The first-order valence-electron chi connectivity index (χ1n) is 9.50. The van der Waals surface area contributed by atoms with Crippen LogP contribution >= 0.6 is 11.6 Å². The van der Waals surface area contributed by atoms with Crippen LogP contribution in [0.1, 0.15) is 28.9 Å². The number of piperazine rings is 1. The van der Waals surface area contributed by atoms with Crippen molar-refractivity contribution < 1.29 is 14.4 Å². The summed E-state index contributed by atoms with van der Waals surface area (Å²) in [6.07, 6.45) is 4.42. The van der Waals surface area contributed by atoms with E-state index in [1.54, 1.807) is 41.2 Å². The minimum atomic E-state index is -0.340. The average molecular weight is 427 g/mol. The number of aromatic nitrogens is 1. The van der Waals surface area contributed by atoms with E-state index in [0.717, 1.165) is 16.7 Å². The zero-order valence-electron chi connectivity index (χ0n) is 16.9. The Hall–Kier alpha value is -3.19. The fourth-order valence-electron chi connectivity index (χ4n) is 3.61. The molecule has 0 bridgehead atoms. The van der Waals surface area contributed by atoms with E-state index in [9.17, 15) is 14.4 Å². The summed E-state index contributed by atoms with van der Waals surface area (Å²) < 4.78 is 0. The Morgan fingerprint density at radius 2 is 1.93 bits per heavy atom. The van der Waals surface area contributed by atoms with Gasteiger partial charge in [0, 0.05) is 56.6 Å². The molecule has 1 atom stereocenters. The highest BCUT2D eigenvalue weighted by Crippen LogP contribution is 2.32. The normalized spacial score (nSPS) is 16.2. The number of amides is 3. The minimum Gasteiger partial charge on any atom is -0.355 e. The first-order valence-corrected chi connectivity index (χ1v) is 9.88. The second-order valence-electron chi connectivity index (χ2n) is 7.03. The van der Waals surface area contributed by atoms with Gasteiger partial charge in [-0.2, -0.15) is 0 Å². The fourth-order valence-corrected chi connectivity index (χ4v) is 3.86. The summed E-state index contributed by atoms with van der Waals surface area (Å²) in [6.45, 7) is 6.29. The van der Waals surface area contributed by atoms with Crippen molar-refractivity contribution in [3.05, 3.63) is 65.5 Å². The van der Waals surface area contributed by atoms with E-state index in [1.165, 1.54) is 19.2 Å². The summed E-state index contributed by atoms with van der Waals surface area (Å²) >= 11 is 6.40. The van der Waals surface area contributed by atoms with Gasteiger partial charge in [-0.05, 0) is 41.5 Å². The van der Waals surface area contributed by atoms with Gasteiger partial charge in [-0.15, -0.1) is 0 Å². The molecule has 30 heavy (non-hydrogen) atoms. The molecule has 2 heterocycles. The van der Waals surface area contributed by atoms with Crippen LogP contribution in [0.5, 0.6) is 0 Å². The number of hydrogen-bond acceptors (Lipinski definition) is 4. The van der Waals surface area contributed by atoms with Gasteiger partial charge < -0.3 is 15.1 Å². The molecule has 1 aromatic heterocycles. The molecule has 2 aromatic rings. The van der Waals surface area contributed by atoms with Gasteiger partial charge in [0.1, 0.15) is 0 Å². The van der Waals surface area contributed by atoms with E-state index >= 15 is 0 Å². The van der Waals surface area contributed by atoms with Crippen molar-refractivity contribution in [3.8, 4) is 11.1 Å². The van der Waals surface area contributed by atoms with Crippen LogP contribution < -0.4 is 5.32 Å². The number of nitrogens with one attached hydrogen (secondary N) is 1. The molecule has 1 fully saturated rings. The first-order chi connectivity index (χ1) is 14.3. The van der Waals surface area contributed by atoms with Crippen molar-refractivity contribution in [2.45, 2.75) is 13.0 Å². The number of rotatable bonds is 4. The number of carbonyl (C=O) groups excluding carboxylic acids is 3. The SMILES string of the molecule is C=CC(=O)N1CCN(C(C)=O)[C@H](c2cc(Cl)cc(-c3cncc(C(=O)NC)c3)c2)C1. The Kier molecular flexibility index (Phi) is 6.52. The molecular formula is C22H23ClN4O3. The van der Waals surface area contributed by atoms with Crippen molar-refractivity contribution in [2.75, 3.05) is 26.7 Å². The summed E-state index contributed by atoms with van der Waals surface area (Å²) in [4.78, 5) is 43.9. The van der Waals surface area contributed by atoms with Gasteiger partial charge in [0.05, 0.1) is 11.6 Å². The topological polar surface area (TPSA) is 82.6 Å².